The second kappa shape index (κ2) is 11.6. The first-order valence-corrected chi connectivity index (χ1v) is 11.2. The van der Waals surface area contributed by atoms with Crippen molar-refractivity contribution in [3.63, 3.8) is 0 Å². The van der Waals surface area contributed by atoms with E-state index in [0.717, 1.165) is 23.4 Å². The zero-order valence-electron chi connectivity index (χ0n) is 19.9. The number of aliphatic carboxylic acids is 1. The maximum atomic E-state index is 12.9. The van der Waals surface area contributed by atoms with Gasteiger partial charge in [-0.15, -0.1) is 0 Å². The van der Waals surface area contributed by atoms with E-state index in [4.69, 9.17) is 9.90 Å². The van der Waals surface area contributed by atoms with Gasteiger partial charge in [-0.3, -0.25) is 9.78 Å². The number of nitrogens with one attached hydrogen (secondary N) is 1. The number of anilines is 1. The molecule has 3 aromatic heterocycles. The number of amides is 1. The van der Waals surface area contributed by atoms with Crippen LogP contribution in [0, 0.1) is 5.92 Å². The lowest BCUT2D eigenvalue weighted by molar-refractivity contribution is -0.192. The zero-order chi connectivity index (χ0) is 26.3. The molecule has 0 unspecified atom stereocenters. The van der Waals surface area contributed by atoms with Crippen LogP contribution in [0.1, 0.15) is 29.0 Å². The summed E-state index contributed by atoms with van der Waals surface area (Å²) < 4.78 is 33.8. The van der Waals surface area contributed by atoms with E-state index in [9.17, 15) is 18.0 Å². The molecule has 3 aromatic rings. The molecular formula is C24H27F3N6O3. The molecule has 1 saturated carbocycles. The van der Waals surface area contributed by atoms with Gasteiger partial charge in [-0.1, -0.05) is 6.07 Å². The summed E-state index contributed by atoms with van der Waals surface area (Å²) in [5, 5.41) is 10.2. The average Bonchev–Trinajstić information content (AvgIpc) is 3.55. The van der Waals surface area contributed by atoms with Crippen LogP contribution in [0.25, 0.3) is 11.1 Å². The van der Waals surface area contributed by atoms with Crippen molar-refractivity contribution in [2.24, 2.45) is 5.92 Å². The first kappa shape index (κ1) is 26.6. The summed E-state index contributed by atoms with van der Waals surface area (Å²) in [7, 11) is 3.82. The van der Waals surface area contributed by atoms with Gasteiger partial charge in [-0.25, -0.2) is 14.8 Å². The predicted octanol–water partition coefficient (Wildman–Crippen LogP) is 3.42. The summed E-state index contributed by atoms with van der Waals surface area (Å²) in [4.78, 5) is 36.7. The summed E-state index contributed by atoms with van der Waals surface area (Å²) in [5.41, 5.74) is 3.53. The highest BCUT2D eigenvalue weighted by Gasteiger charge is 2.38. The van der Waals surface area contributed by atoms with Crippen LogP contribution in [0.15, 0.2) is 49.1 Å². The highest BCUT2D eigenvalue weighted by atomic mass is 19.4. The summed E-state index contributed by atoms with van der Waals surface area (Å²) in [5.74, 6) is -1.48. The molecule has 192 valence electrons. The first-order chi connectivity index (χ1) is 17.0. The smallest absolute Gasteiger partial charge is 0.475 e. The van der Waals surface area contributed by atoms with Gasteiger partial charge in [-0.2, -0.15) is 13.2 Å². The Morgan fingerprint density at radius 3 is 2.33 bits per heavy atom. The van der Waals surface area contributed by atoms with Gasteiger partial charge >= 0.3 is 12.1 Å². The molecule has 1 aliphatic rings. The van der Waals surface area contributed by atoms with Gasteiger partial charge in [0.25, 0.3) is 5.91 Å². The van der Waals surface area contributed by atoms with E-state index >= 15 is 0 Å². The second-order valence-electron chi connectivity index (χ2n) is 8.51. The van der Waals surface area contributed by atoms with Crippen molar-refractivity contribution in [3.05, 3.63) is 60.4 Å². The van der Waals surface area contributed by atoms with Crippen molar-refractivity contribution in [1.82, 2.24) is 24.8 Å². The lowest BCUT2D eigenvalue weighted by atomic mass is 10.2. The molecular weight excluding hydrogens is 477 g/mol. The van der Waals surface area contributed by atoms with Gasteiger partial charge in [0.15, 0.2) is 0 Å². The second-order valence-corrected chi connectivity index (χ2v) is 8.51. The van der Waals surface area contributed by atoms with E-state index in [1.165, 1.54) is 12.8 Å². The quantitative estimate of drug-likeness (QED) is 0.483. The van der Waals surface area contributed by atoms with Gasteiger partial charge < -0.3 is 19.9 Å². The molecule has 1 fully saturated rings. The van der Waals surface area contributed by atoms with Crippen molar-refractivity contribution in [1.29, 1.82) is 0 Å². The number of carbonyl (C=O) groups excluding carboxylic acids is 1. The van der Waals surface area contributed by atoms with Crippen molar-refractivity contribution < 1.29 is 27.9 Å². The number of aromatic nitrogens is 4. The standard InChI is InChI=1S/C22H26N6O.C2HF3O2/c1-27(2)22-25-12-18(13-26-22)17-11-20(28(15-17)14-16-6-7-16)21(29)24-10-8-19-5-3-4-9-23-19;3-2(4,5)1(6)7/h3-5,9,11-13,15-16H,6-8,10,14H2,1-2H3,(H,24,29);(H,6,7). The van der Waals surface area contributed by atoms with E-state index in [2.05, 4.69) is 24.8 Å². The van der Waals surface area contributed by atoms with Crippen LogP contribution in [0.3, 0.4) is 0 Å². The molecule has 12 heteroatoms. The number of hydrogen-bond donors (Lipinski definition) is 2. The number of carboxylic acid groups (broad SMARTS) is 1. The molecule has 0 aromatic carbocycles. The van der Waals surface area contributed by atoms with Gasteiger partial charge in [0.05, 0.1) is 0 Å². The maximum absolute atomic E-state index is 12.9. The predicted molar refractivity (Wildman–Crippen MR) is 126 cm³/mol. The number of carbonyl (C=O) groups is 2. The van der Waals surface area contributed by atoms with Crippen LogP contribution in [0.4, 0.5) is 19.1 Å². The van der Waals surface area contributed by atoms with Gasteiger partial charge in [-0.05, 0) is 37.0 Å². The number of rotatable bonds is 8. The number of nitrogens with zero attached hydrogens (tertiary/aromatic N) is 5. The zero-order valence-corrected chi connectivity index (χ0v) is 19.9. The highest BCUT2D eigenvalue weighted by molar-refractivity contribution is 5.94. The lowest BCUT2D eigenvalue weighted by Gasteiger charge is -2.09. The molecule has 9 nitrogen and oxygen atoms in total. The third-order valence-electron chi connectivity index (χ3n) is 5.29. The number of hydrogen-bond acceptors (Lipinski definition) is 6. The van der Waals surface area contributed by atoms with Crippen molar-refractivity contribution >= 4 is 17.8 Å². The summed E-state index contributed by atoms with van der Waals surface area (Å²) in [6.45, 7) is 1.43. The summed E-state index contributed by atoms with van der Waals surface area (Å²) in [6, 6.07) is 7.76. The molecule has 0 spiro atoms. The SMILES string of the molecule is CN(C)c1ncc(-c2cc(C(=O)NCCc3ccccn3)n(CC3CC3)c2)cn1.O=C(O)C(F)(F)F. The average molecular weight is 505 g/mol. The monoisotopic (exact) mass is 504 g/mol. The van der Waals surface area contributed by atoms with Crippen molar-refractivity contribution in [3.8, 4) is 11.1 Å². The molecule has 0 radical (unpaired) electrons. The molecule has 3 heterocycles. The van der Waals surface area contributed by atoms with Crippen LogP contribution in [-0.4, -0.2) is 63.3 Å². The van der Waals surface area contributed by atoms with Gasteiger partial charge in [0, 0.05) is 75.2 Å². The Labute approximate surface area is 206 Å². The molecule has 36 heavy (non-hydrogen) atoms. The molecule has 1 amide bonds. The fourth-order valence-electron chi connectivity index (χ4n) is 3.23. The van der Waals surface area contributed by atoms with E-state index in [0.29, 0.717) is 30.5 Å². The molecule has 1 aliphatic carbocycles. The number of halogens is 3. The summed E-state index contributed by atoms with van der Waals surface area (Å²) in [6.07, 6.45) is 5.52. The minimum atomic E-state index is -5.08. The largest absolute Gasteiger partial charge is 0.490 e. The first-order valence-electron chi connectivity index (χ1n) is 11.2. The minimum Gasteiger partial charge on any atom is -0.475 e. The van der Waals surface area contributed by atoms with Crippen LogP contribution in [0.2, 0.25) is 0 Å². The summed E-state index contributed by atoms with van der Waals surface area (Å²) >= 11 is 0. The van der Waals surface area contributed by atoms with Crippen LogP contribution < -0.4 is 10.2 Å². The number of pyridine rings is 1. The molecule has 0 aliphatic heterocycles. The van der Waals surface area contributed by atoms with Gasteiger partial charge in [0.2, 0.25) is 5.95 Å². The Balaban J connectivity index is 0.000000454. The molecule has 0 bridgehead atoms. The van der Waals surface area contributed by atoms with Gasteiger partial charge in [0.1, 0.15) is 5.69 Å². The normalized spacial score (nSPS) is 12.9. The third kappa shape index (κ3) is 7.79. The molecule has 0 atom stereocenters. The Bertz CT molecular complexity index is 1160. The van der Waals surface area contributed by atoms with E-state index in [-0.39, 0.29) is 5.91 Å². The Kier molecular flexibility index (Phi) is 8.62. The highest BCUT2D eigenvalue weighted by Crippen LogP contribution is 2.32. The maximum Gasteiger partial charge on any atom is 0.490 e. The van der Waals surface area contributed by atoms with E-state index in [1.807, 2.05) is 61.9 Å². The van der Waals surface area contributed by atoms with E-state index < -0.39 is 12.1 Å². The topological polar surface area (TPSA) is 113 Å². The van der Waals surface area contributed by atoms with E-state index in [1.54, 1.807) is 6.20 Å². The lowest BCUT2D eigenvalue weighted by Crippen LogP contribution is -2.28. The Hall–Kier alpha value is -3.96. The fourth-order valence-corrected chi connectivity index (χ4v) is 3.23. The minimum absolute atomic E-state index is 0.0568. The molecule has 0 saturated heterocycles. The Morgan fingerprint density at radius 2 is 1.81 bits per heavy atom. The number of alkyl halides is 3. The third-order valence-corrected chi connectivity index (χ3v) is 5.29. The number of carboxylic acids is 1. The Morgan fingerprint density at radius 1 is 1.14 bits per heavy atom. The van der Waals surface area contributed by atoms with Crippen LogP contribution in [-0.2, 0) is 17.8 Å². The van der Waals surface area contributed by atoms with Crippen LogP contribution in [0.5, 0.6) is 0 Å². The van der Waals surface area contributed by atoms with Crippen molar-refractivity contribution in [2.75, 3.05) is 25.5 Å². The van der Waals surface area contributed by atoms with Crippen molar-refractivity contribution in [2.45, 2.75) is 32.0 Å². The van der Waals surface area contributed by atoms with Crippen LogP contribution >= 0.6 is 0 Å². The molecule has 4 rings (SSSR count). The molecule has 2 N–H and O–H groups in total. The fraction of sp³-hybridized carbons (Fsp3) is 0.375.